The highest BCUT2D eigenvalue weighted by Crippen LogP contribution is 2.03. The Bertz CT molecular complexity index is 663. The molecule has 184 valence electrons. The molecule has 13 nitrogen and oxygen atoms in total. The fourth-order valence-corrected chi connectivity index (χ4v) is 3.09. The molecule has 0 radical (unpaired) electrons. The second-order valence-electron chi connectivity index (χ2n) is 6.72. The SMILES string of the molecule is CSCCC(N)C(=O)NC(CO)C(=O)NC(CCCN=C(N)N)C(=O)NC(CS)C(=O)O. The van der Waals surface area contributed by atoms with Crippen molar-refractivity contribution in [2.75, 3.05) is 30.9 Å². The fraction of sp³-hybridized carbons (Fsp3) is 0.706. The van der Waals surface area contributed by atoms with Crippen LogP contribution in [0.5, 0.6) is 0 Å². The van der Waals surface area contributed by atoms with Crippen molar-refractivity contribution in [3.63, 3.8) is 0 Å². The summed E-state index contributed by atoms with van der Waals surface area (Å²) in [5.41, 5.74) is 16.3. The quantitative estimate of drug-likeness (QED) is 0.0445. The number of rotatable bonds is 16. The van der Waals surface area contributed by atoms with Crippen molar-refractivity contribution >= 4 is 54.0 Å². The van der Waals surface area contributed by atoms with Crippen molar-refractivity contribution in [3.8, 4) is 0 Å². The van der Waals surface area contributed by atoms with Gasteiger partial charge in [0.25, 0.3) is 0 Å². The van der Waals surface area contributed by atoms with Crippen LogP contribution in [0.15, 0.2) is 4.99 Å². The summed E-state index contributed by atoms with van der Waals surface area (Å²) in [4.78, 5) is 52.2. The molecule has 0 fully saturated rings. The van der Waals surface area contributed by atoms with Gasteiger partial charge in [-0.2, -0.15) is 24.4 Å². The number of thiol groups is 1. The van der Waals surface area contributed by atoms with Crippen LogP contribution in [0.2, 0.25) is 0 Å². The first-order chi connectivity index (χ1) is 15.1. The predicted molar refractivity (Wildman–Crippen MR) is 125 cm³/mol. The van der Waals surface area contributed by atoms with E-state index in [-0.39, 0.29) is 31.1 Å². The first kappa shape index (κ1) is 29.8. The van der Waals surface area contributed by atoms with Gasteiger partial charge in [0.2, 0.25) is 17.7 Å². The van der Waals surface area contributed by atoms with Gasteiger partial charge in [0, 0.05) is 12.3 Å². The zero-order valence-corrected chi connectivity index (χ0v) is 19.5. The minimum Gasteiger partial charge on any atom is -0.480 e. The molecule has 0 saturated carbocycles. The van der Waals surface area contributed by atoms with Gasteiger partial charge in [-0.1, -0.05) is 0 Å². The molecule has 0 heterocycles. The Labute approximate surface area is 196 Å². The molecule has 0 aromatic rings. The number of aliphatic imine (C=N–C) groups is 1. The minimum absolute atomic E-state index is 0.0621. The molecule has 0 aromatic heterocycles. The van der Waals surface area contributed by atoms with Gasteiger partial charge in [-0.05, 0) is 31.3 Å². The number of hydrogen-bond donors (Lipinski definition) is 9. The molecule has 11 N–H and O–H groups in total. The van der Waals surface area contributed by atoms with E-state index in [0.29, 0.717) is 12.2 Å². The lowest BCUT2D eigenvalue weighted by Crippen LogP contribution is -2.58. The van der Waals surface area contributed by atoms with Crippen LogP contribution in [0, 0.1) is 0 Å². The number of aliphatic carboxylic acids is 1. The lowest BCUT2D eigenvalue weighted by atomic mass is 10.1. The summed E-state index contributed by atoms with van der Waals surface area (Å²) in [5, 5.41) is 25.7. The Morgan fingerprint density at radius 2 is 1.56 bits per heavy atom. The maximum Gasteiger partial charge on any atom is 0.327 e. The minimum atomic E-state index is -1.35. The van der Waals surface area contributed by atoms with Crippen LogP contribution in [0.25, 0.3) is 0 Å². The smallest absolute Gasteiger partial charge is 0.327 e. The number of hydrogen-bond acceptors (Lipinski definition) is 9. The van der Waals surface area contributed by atoms with E-state index in [1.54, 1.807) is 0 Å². The highest BCUT2D eigenvalue weighted by Gasteiger charge is 2.29. The fourth-order valence-electron chi connectivity index (χ4n) is 2.35. The van der Waals surface area contributed by atoms with E-state index in [9.17, 15) is 24.3 Å². The van der Waals surface area contributed by atoms with Crippen molar-refractivity contribution in [2.24, 2.45) is 22.2 Å². The van der Waals surface area contributed by atoms with Gasteiger partial charge in [-0.3, -0.25) is 19.4 Å². The van der Waals surface area contributed by atoms with E-state index in [0.717, 1.165) is 0 Å². The summed E-state index contributed by atoms with van der Waals surface area (Å²) in [6.07, 6.45) is 2.58. The molecule has 0 bridgehead atoms. The second-order valence-corrected chi connectivity index (χ2v) is 8.07. The van der Waals surface area contributed by atoms with E-state index >= 15 is 0 Å². The number of aliphatic hydroxyl groups is 1. The summed E-state index contributed by atoms with van der Waals surface area (Å²) in [7, 11) is 0. The van der Waals surface area contributed by atoms with Crippen LogP contribution in [0.4, 0.5) is 0 Å². The van der Waals surface area contributed by atoms with Crippen molar-refractivity contribution < 1.29 is 29.4 Å². The Kier molecular flexibility index (Phi) is 15.3. The summed E-state index contributed by atoms with van der Waals surface area (Å²) < 4.78 is 0. The molecular weight excluding hydrogens is 462 g/mol. The van der Waals surface area contributed by atoms with E-state index in [1.165, 1.54) is 11.8 Å². The monoisotopic (exact) mass is 495 g/mol. The number of guanidine groups is 1. The molecule has 0 aliphatic rings. The van der Waals surface area contributed by atoms with Crippen molar-refractivity contribution in [1.82, 2.24) is 16.0 Å². The number of thioether (sulfide) groups is 1. The van der Waals surface area contributed by atoms with E-state index in [1.807, 2.05) is 6.26 Å². The molecule has 4 unspecified atom stereocenters. The zero-order valence-electron chi connectivity index (χ0n) is 17.8. The summed E-state index contributed by atoms with van der Waals surface area (Å²) in [5.74, 6) is -3.20. The summed E-state index contributed by atoms with van der Waals surface area (Å²) in [6.45, 7) is -0.565. The topological polar surface area (TPSA) is 235 Å². The van der Waals surface area contributed by atoms with Crippen LogP contribution in [0.3, 0.4) is 0 Å². The largest absolute Gasteiger partial charge is 0.480 e. The highest BCUT2D eigenvalue weighted by atomic mass is 32.2. The first-order valence-corrected chi connectivity index (χ1v) is 11.8. The average molecular weight is 496 g/mol. The third kappa shape index (κ3) is 12.0. The van der Waals surface area contributed by atoms with Gasteiger partial charge >= 0.3 is 5.97 Å². The number of nitrogens with zero attached hydrogens (tertiary/aromatic N) is 1. The summed E-state index contributed by atoms with van der Waals surface area (Å²) in [6, 6.07) is -4.66. The zero-order chi connectivity index (χ0) is 24.7. The van der Waals surface area contributed by atoms with Gasteiger partial charge < -0.3 is 43.4 Å². The third-order valence-corrected chi connectivity index (χ3v) is 5.17. The average Bonchev–Trinajstić information content (AvgIpc) is 2.74. The number of aliphatic hydroxyl groups excluding tert-OH is 1. The molecule has 3 amide bonds. The second kappa shape index (κ2) is 16.4. The third-order valence-electron chi connectivity index (χ3n) is 4.16. The maximum atomic E-state index is 12.6. The maximum absolute atomic E-state index is 12.6. The molecule has 0 rings (SSSR count). The number of carboxylic acids is 1. The highest BCUT2D eigenvalue weighted by molar-refractivity contribution is 7.98. The predicted octanol–water partition coefficient (Wildman–Crippen LogP) is -3.42. The molecule has 0 spiro atoms. The number of carbonyl (C=O) groups is 4. The molecule has 4 atom stereocenters. The Hall–Kier alpha value is -2.23. The van der Waals surface area contributed by atoms with Crippen LogP contribution in [0.1, 0.15) is 19.3 Å². The lowest BCUT2D eigenvalue weighted by Gasteiger charge is -2.24. The standard InChI is InChI=1S/C17H33N7O6S2/c1-32-6-4-9(18)13(26)23-11(7-25)15(28)22-10(3-2-5-21-17(19)20)14(27)24-12(8-31)16(29)30/h9-12,25,31H,2-8,18H2,1H3,(H,22,28)(H,23,26)(H,24,27)(H,29,30)(H4,19,20,21). The molecule has 0 saturated heterocycles. The number of nitrogens with one attached hydrogen (secondary N) is 3. The molecule has 0 aliphatic heterocycles. The van der Waals surface area contributed by atoms with Gasteiger partial charge in [0.05, 0.1) is 12.6 Å². The summed E-state index contributed by atoms with van der Waals surface area (Å²) >= 11 is 5.39. The Balaban J connectivity index is 5.23. The van der Waals surface area contributed by atoms with Gasteiger partial charge in [0.1, 0.15) is 18.1 Å². The lowest BCUT2D eigenvalue weighted by molar-refractivity contribution is -0.141. The Morgan fingerprint density at radius 3 is 2.06 bits per heavy atom. The van der Waals surface area contributed by atoms with E-state index in [2.05, 4.69) is 33.6 Å². The van der Waals surface area contributed by atoms with Crippen LogP contribution >= 0.6 is 24.4 Å². The first-order valence-electron chi connectivity index (χ1n) is 9.72. The van der Waals surface area contributed by atoms with Gasteiger partial charge in [-0.25, -0.2) is 4.79 Å². The molecule has 0 aliphatic carbocycles. The Morgan fingerprint density at radius 1 is 1.00 bits per heavy atom. The van der Waals surface area contributed by atoms with Crippen LogP contribution in [-0.2, 0) is 19.2 Å². The van der Waals surface area contributed by atoms with Crippen molar-refractivity contribution in [3.05, 3.63) is 0 Å². The van der Waals surface area contributed by atoms with Crippen molar-refractivity contribution in [2.45, 2.75) is 43.4 Å². The van der Waals surface area contributed by atoms with Crippen molar-refractivity contribution in [1.29, 1.82) is 0 Å². The van der Waals surface area contributed by atoms with Gasteiger partial charge in [0.15, 0.2) is 5.96 Å². The van der Waals surface area contributed by atoms with Crippen LogP contribution < -0.4 is 33.2 Å². The molecular formula is C17H33N7O6S2. The van der Waals surface area contributed by atoms with Crippen LogP contribution in [-0.4, -0.2) is 94.9 Å². The van der Waals surface area contributed by atoms with E-state index < -0.39 is 54.5 Å². The molecule has 0 aromatic carbocycles. The number of amides is 3. The molecule has 32 heavy (non-hydrogen) atoms. The number of carbonyl (C=O) groups excluding carboxylic acids is 3. The number of carboxylic acid groups (broad SMARTS) is 1. The van der Waals surface area contributed by atoms with Gasteiger partial charge in [-0.15, -0.1) is 0 Å². The van der Waals surface area contributed by atoms with E-state index in [4.69, 9.17) is 22.3 Å². The normalized spacial score (nSPS) is 14.4. The number of nitrogens with two attached hydrogens (primary N) is 3. The molecule has 15 heteroatoms.